The highest BCUT2D eigenvalue weighted by Gasteiger charge is 2.04. The second-order valence-corrected chi connectivity index (χ2v) is 4.35. The fourth-order valence-electron chi connectivity index (χ4n) is 1.48. The molecule has 102 valence electrons. The molecule has 0 saturated heterocycles. The second-order valence-electron chi connectivity index (χ2n) is 4.35. The van der Waals surface area contributed by atoms with Crippen LogP contribution in [0.4, 0.5) is 5.69 Å². The first kappa shape index (κ1) is 14.8. The molecule has 1 rings (SSSR count). The number of nitrogens with one attached hydrogen (secondary N) is 1. The summed E-state index contributed by atoms with van der Waals surface area (Å²) >= 11 is 0. The van der Waals surface area contributed by atoms with E-state index in [1.54, 1.807) is 7.11 Å². The van der Waals surface area contributed by atoms with Crippen molar-refractivity contribution in [1.29, 1.82) is 0 Å². The molecular formula is C14H23NO3. The smallest absolute Gasteiger partial charge is 0.121 e. The monoisotopic (exact) mass is 253 g/mol. The summed E-state index contributed by atoms with van der Waals surface area (Å²) in [5, 5.41) is 12.7. The van der Waals surface area contributed by atoms with Crippen LogP contribution < -0.4 is 10.1 Å². The van der Waals surface area contributed by atoms with Crippen LogP contribution in [0.15, 0.2) is 24.3 Å². The number of methoxy groups -OCH3 is 1. The second kappa shape index (κ2) is 7.95. The van der Waals surface area contributed by atoms with E-state index >= 15 is 0 Å². The molecule has 0 saturated carbocycles. The van der Waals surface area contributed by atoms with Gasteiger partial charge < -0.3 is 19.9 Å². The minimum Gasteiger partial charge on any atom is -0.491 e. The number of ether oxygens (including phenoxy) is 2. The molecule has 4 heteroatoms. The predicted octanol–water partition coefficient (Wildman–Crippen LogP) is 2.28. The number of benzene rings is 1. The number of hydrogen-bond donors (Lipinski definition) is 2. The van der Waals surface area contributed by atoms with Crippen LogP contribution in [0.5, 0.6) is 5.75 Å². The number of hydrogen-bond acceptors (Lipinski definition) is 4. The zero-order valence-corrected chi connectivity index (χ0v) is 11.3. The molecule has 0 amide bonds. The van der Waals surface area contributed by atoms with Gasteiger partial charge in [-0.1, -0.05) is 13.0 Å². The summed E-state index contributed by atoms with van der Waals surface area (Å²) in [6.07, 6.45) is 0.679. The summed E-state index contributed by atoms with van der Waals surface area (Å²) in [5.41, 5.74) is 0.936. The number of aliphatic hydroxyl groups excluding tert-OH is 1. The van der Waals surface area contributed by atoms with Gasteiger partial charge in [-0.3, -0.25) is 0 Å². The lowest BCUT2D eigenvalue weighted by molar-refractivity contribution is 0.0727. The zero-order valence-electron chi connectivity index (χ0n) is 11.3. The van der Waals surface area contributed by atoms with Crippen molar-refractivity contribution in [2.45, 2.75) is 32.5 Å². The molecule has 1 aromatic carbocycles. The molecule has 0 heterocycles. The molecule has 0 aliphatic carbocycles. The quantitative estimate of drug-likeness (QED) is 0.746. The summed E-state index contributed by atoms with van der Waals surface area (Å²) < 4.78 is 10.6. The van der Waals surface area contributed by atoms with Crippen molar-refractivity contribution < 1.29 is 14.6 Å². The van der Waals surface area contributed by atoms with E-state index in [1.807, 2.05) is 31.2 Å². The van der Waals surface area contributed by atoms with Crippen LogP contribution in [0.25, 0.3) is 0 Å². The highest BCUT2D eigenvalue weighted by Crippen LogP contribution is 2.19. The molecule has 0 aromatic heterocycles. The highest BCUT2D eigenvalue weighted by atomic mass is 16.5. The van der Waals surface area contributed by atoms with E-state index < -0.39 is 6.10 Å². The molecule has 0 spiro atoms. The zero-order chi connectivity index (χ0) is 13.4. The van der Waals surface area contributed by atoms with Gasteiger partial charge in [0.1, 0.15) is 5.75 Å². The van der Waals surface area contributed by atoms with Gasteiger partial charge >= 0.3 is 0 Å². The van der Waals surface area contributed by atoms with E-state index in [1.165, 1.54) is 0 Å². The molecule has 0 fully saturated rings. The van der Waals surface area contributed by atoms with Crippen molar-refractivity contribution in [3.05, 3.63) is 24.3 Å². The fourth-order valence-corrected chi connectivity index (χ4v) is 1.48. The SMILES string of the molecule is CCC(C)Oc1cccc(NCC(O)COC)c1. The Hall–Kier alpha value is -1.26. The van der Waals surface area contributed by atoms with Crippen LogP contribution in [0.3, 0.4) is 0 Å². The lowest BCUT2D eigenvalue weighted by Gasteiger charge is -2.15. The highest BCUT2D eigenvalue weighted by molar-refractivity contribution is 5.48. The van der Waals surface area contributed by atoms with Crippen LogP contribution in [-0.4, -0.2) is 37.6 Å². The molecule has 2 N–H and O–H groups in total. The Kier molecular flexibility index (Phi) is 6.54. The molecule has 18 heavy (non-hydrogen) atoms. The molecule has 0 radical (unpaired) electrons. The lowest BCUT2D eigenvalue weighted by Crippen LogP contribution is -2.24. The molecular weight excluding hydrogens is 230 g/mol. The standard InChI is InChI=1S/C14H23NO3/c1-4-11(2)18-14-7-5-6-12(8-14)15-9-13(16)10-17-3/h5-8,11,13,15-16H,4,9-10H2,1-3H3. The van der Waals surface area contributed by atoms with Gasteiger partial charge in [-0.15, -0.1) is 0 Å². The van der Waals surface area contributed by atoms with Crippen LogP contribution in [0.2, 0.25) is 0 Å². The van der Waals surface area contributed by atoms with E-state index in [2.05, 4.69) is 12.2 Å². The Bertz CT molecular complexity index is 344. The molecule has 2 unspecified atom stereocenters. The van der Waals surface area contributed by atoms with Crippen LogP contribution in [0.1, 0.15) is 20.3 Å². The molecule has 2 atom stereocenters. The van der Waals surface area contributed by atoms with Gasteiger partial charge in [0.05, 0.1) is 18.8 Å². The maximum atomic E-state index is 9.54. The maximum Gasteiger partial charge on any atom is 0.121 e. The van der Waals surface area contributed by atoms with Crippen molar-refractivity contribution in [1.82, 2.24) is 0 Å². The third kappa shape index (κ3) is 5.38. The molecule has 4 nitrogen and oxygen atoms in total. The van der Waals surface area contributed by atoms with E-state index in [9.17, 15) is 5.11 Å². The summed E-state index contributed by atoms with van der Waals surface area (Å²) in [4.78, 5) is 0. The molecule has 0 aliphatic heterocycles. The topological polar surface area (TPSA) is 50.7 Å². The summed E-state index contributed by atoms with van der Waals surface area (Å²) in [6, 6.07) is 7.75. The minimum absolute atomic E-state index is 0.208. The van der Waals surface area contributed by atoms with Gasteiger partial charge in [0.2, 0.25) is 0 Å². The third-order valence-corrected chi connectivity index (χ3v) is 2.65. The Morgan fingerprint density at radius 3 is 2.83 bits per heavy atom. The van der Waals surface area contributed by atoms with Crippen molar-refractivity contribution >= 4 is 5.69 Å². The predicted molar refractivity (Wildman–Crippen MR) is 73.2 cm³/mol. The Morgan fingerprint density at radius 1 is 1.39 bits per heavy atom. The Balaban J connectivity index is 2.48. The molecule has 0 bridgehead atoms. The van der Waals surface area contributed by atoms with Crippen LogP contribution in [0, 0.1) is 0 Å². The summed E-state index contributed by atoms with van der Waals surface area (Å²) in [7, 11) is 1.57. The number of anilines is 1. The molecule has 1 aromatic rings. The van der Waals surface area contributed by atoms with Gasteiger partial charge in [0.25, 0.3) is 0 Å². The van der Waals surface area contributed by atoms with Gasteiger partial charge in [0, 0.05) is 25.4 Å². The van der Waals surface area contributed by atoms with E-state index in [4.69, 9.17) is 9.47 Å². The third-order valence-electron chi connectivity index (χ3n) is 2.65. The first-order valence-corrected chi connectivity index (χ1v) is 6.33. The van der Waals surface area contributed by atoms with E-state index in [0.29, 0.717) is 13.2 Å². The number of aliphatic hydroxyl groups is 1. The molecule has 0 aliphatic rings. The summed E-state index contributed by atoms with van der Waals surface area (Å²) in [5.74, 6) is 0.843. The lowest BCUT2D eigenvalue weighted by atomic mass is 10.2. The van der Waals surface area contributed by atoms with Crippen molar-refractivity contribution in [3.8, 4) is 5.75 Å². The van der Waals surface area contributed by atoms with Crippen LogP contribution >= 0.6 is 0 Å². The maximum absolute atomic E-state index is 9.54. The first-order chi connectivity index (χ1) is 8.65. The minimum atomic E-state index is -0.505. The Morgan fingerprint density at radius 2 is 2.17 bits per heavy atom. The van der Waals surface area contributed by atoms with Crippen molar-refractivity contribution in [2.24, 2.45) is 0 Å². The first-order valence-electron chi connectivity index (χ1n) is 6.33. The van der Waals surface area contributed by atoms with E-state index in [-0.39, 0.29) is 6.10 Å². The van der Waals surface area contributed by atoms with Gasteiger partial charge in [-0.25, -0.2) is 0 Å². The summed E-state index contributed by atoms with van der Waals surface area (Å²) in [6.45, 7) is 4.92. The average Bonchev–Trinajstić information content (AvgIpc) is 2.37. The van der Waals surface area contributed by atoms with Crippen LogP contribution in [-0.2, 0) is 4.74 Å². The normalized spacial score (nSPS) is 14.0. The van der Waals surface area contributed by atoms with Gasteiger partial charge in [-0.05, 0) is 25.5 Å². The van der Waals surface area contributed by atoms with Crippen molar-refractivity contribution in [2.75, 3.05) is 25.6 Å². The van der Waals surface area contributed by atoms with Gasteiger partial charge in [0.15, 0.2) is 0 Å². The van der Waals surface area contributed by atoms with Gasteiger partial charge in [-0.2, -0.15) is 0 Å². The van der Waals surface area contributed by atoms with Crippen molar-refractivity contribution in [3.63, 3.8) is 0 Å². The average molecular weight is 253 g/mol. The Labute approximate surface area is 109 Å². The number of rotatable bonds is 8. The van der Waals surface area contributed by atoms with E-state index in [0.717, 1.165) is 17.9 Å². The fraction of sp³-hybridized carbons (Fsp3) is 0.571. The largest absolute Gasteiger partial charge is 0.491 e.